The quantitative estimate of drug-likeness (QED) is 0.258. The summed E-state index contributed by atoms with van der Waals surface area (Å²) < 4.78 is 55.4. The molecule has 3 aliphatic heterocycles. The first-order chi connectivity index (χ1) is 22.8. The van der Waals surface area contributed by atoms with Gasteiger partial charge in [-0.3, -0.25) is 24.0 Å². The van der Waals surface area contributed by atoms with Gasteiger partial charge in [-0.25, -0.2) is 4.79 Å². The number of Topliss-reactive ketones (excluding diaryl/α,β-unsaturated/α-hetero) is 1. The van der Waals surface area contributed by atoms with Gasteiger partial charge in [0.1, 0.15) is 25.1 Å². The van der Waals surface area contributed by atoms with Gasteiger partial charge in [-0.15, -0.1) is 0 Å². The molecule has 3 fully saturated rings. The van der Waals surface area contributed by atoms with Crippen LogP contribution in [0.1, 0.15) is 44.5 Å². The number of carbonyl (C=O) groups is 6. The Morgan fingerprint density at radius 2 is 1.42 bits per heavy atom. The minimum Gasteiger partial charge on any atom is -0.497 e. The number of aliphatic hydroxyl groups is 1. The van der Waals surface area contributed by atoms with E-state index in [0.29, 0.717) is 5.75 Å². The summed E-state index contributed by atoms with van der Waals surface area (Å²) in [7, 11) is 1.47. The Morgan fingerprint density at radius 3 is 2.02 bits per heavy atom. The molecule has 0 bridgehead atoms. The zero-order valence-corrected chi connectivity index (χ0v) is 26.9. The van der Waals surface area contributed by atoms with Gasteiger partial charge in [0.2, 0.25) is 6.29 Å². The van der Waals surface area contributed by atoms with Crippen LogP contribution in [0.5, 0.6) is 5.75 Å². The fourth-order valence-corrected chi connectivity index (χ4v) is 5.75. The maximum absolute atomic E-state index is 13.4. The van der Waals surface area contributed by atoms with E-state index in [0.717, 1.165) is 27.7 Å². The van der Waals surface area contributed by atoms with Gasteiger partial charge in [0.25, 0.3) is 0 Å². The molecular formula is C31H38O17. The Labute approximate surface area is 274 Å². The lowest BCUT2D eigenvalue weighted by Gasteiger charge is -2.46. The fourth-order valence-electron chi connectivity index (χ4n) is 5.75. The number of benzene rings is 1. The van der Waals surface area contributed by atoms with Crippen molar-refractivity contribution in [2.75, 3.05) is 26.9 Å². The van der Waals surface area contributed by atoms with Crippen LogP contribution in [0.4, 0.5) is 0 Å². The third kappa shape index (κ3) is 9.04. The van der Waals surface area contributed by atoms with Crippen LogP contribution in [0.15, 0.2) is 24.3 Å². The number of aliphatic hydroxyl groups excluding tert-OH is 1. The topological polar surface area (TPSA) is 215 Å². The number of carbonyl (C=O) groups excluding carboxylic acids is 6. The minimum atomic E-state index is -1.68. The molecule has 264 valence electrons. The molecule has 1 aromatic carbocycles. The van der Waals surface area contributed by atoms with Crippen molar-refractivity contribution in [3.63, 3.8) is 0 Å². The largest absolute Gasteiger partial charge is 0.497 e. The highest BCUT2D eigenvalue weighted by atomic mass is 16.8. The van der Waals surface area contributed by atoms with E-state index in [1.807, 2.05) is 0 Å². The minimum absolute atomic E-state index is 0.0479. The number of esters is 5. The predicted molar refractivity (Wildman–Crippen MR) is 154 cm³/mol. The molecule has 0 radical (unpaired) electrons. The molecular weight excluding hydrogens is 644 g/mol. The molecule has 1 N–H and O–H groups in total. The maximum Gasteiger partial charge on any atom is 0.338 e. The summed E-state index contributed by atoms with van der Waals surface area (Å²) in [5, 5.41) is 10.8. The number of fused-ring (bicyclic) bond motifs is 1. The third-order valence-corrected chi connectivity index (χ3v) is 7.74. The lowest BCUT2D eigenvalue weighted by atomic mass is 9.80. The first-order valence-corrected chi connectivity index (χ1v) is 15.0. The maximum atomic E-state index is 13.4. The average molecular weight is 683 g/mol. The van der Waals surface area contributed by atoms with Crippen molar-refractivity contribution in [3.8, 4) is 5.75 Å². The molecule has 0 aromatic heterocycles. The van der Waals surface area contributed by atoms with Gasteiger partial charge in [-0.2, -0.15) is 0 Å². The molecule has 17 heteroatoms. The molecule has 0 amide bonds. The lowest BCUT2D eigenvalue weighted by Crippen LogP contribution is -2.64. The lowest BCUT2D eigenvalue weighted by molar-refractivity contribution is -0.352. The smallest absolute Gasteiger partial charge is 0.338 e. The summed E-state index contributed by atoms with van der Waals surface area (Å²) in [4.78, 5) is 74.6. The SMILES string of the molecule is COc1ccc(C(=O)OC2C(O)OCC(=O)C3C(OC4OC(COC(C)=O)C(OC(C)=O)C(OC(C)=O)C4OC(C)=O)OCCC23)cc1. The van der Waals surface area contributed by atoms with Crippen molar-refractivity contribution in [1.29, 1.82) is 0 Å². The Bertz CT molecular complexity index is 1340. The highest BCUT2D eigenvalue weighted by molar-refractivity contribution is 5.90. The summed E-state index contributed by atoms with van der Waals surface area (Å²) in [5.41, 5.74) is 0.146. The second-order valence-corrected chi connectivity index (χ2v) is 11.2. The Hall–Kier alpha value is -4.16. The van der Waals surface area contributed by atoms with Crippen LogP contribution in [0.25, 0.3) is 0 Å². The van der Waals surface area contributed by atoms with Crippen LogP contribution in [0.3, 0.4) is 0 Å². The van der Waals surface area contributed by atoms with E-state index >= 15 is 0 Å². The van der Waals surface area contributed by atoms with E-state index in [-0.39, 0.29) is 18.6 Å². The van der Waals surface area contributed by atoms with Crippen LogP contribution >= 0.6 is 0 Å². The number of hydrogen-bond acceptors (Lipinski definition) is 17. The number of hydrogen-bond donors (Lipinski definition) is 1. The van der Waals surface area contributed by atoms with Crippen molar-refractivity contribution >= 4 is 35.6 Å². The van der Waals surface area contributed by atoms with Crippen LogP contribution in [0, 0.1) is 11.8 Å². The molecule has 0 saturated carbocycles. The monoisotopic (exact) mass is 682 g/mol. The Kier molecular flexibility index (Phi) is 12.4. The molecule has 0 aliphatic carbocycles. The highest BCUT2D eigenvalue weighted by Crippen LogP contribution is 2.39. The van der Waals surface area contributed by atoms with Crippen molar-refractivity contribution in [2.45, 2.75) is 83.5 Å². The number of methoxy groups -OCH3 is 1. The van der Waals surface area contributed by atoms with E-state index in [1.165, 1.54) is 19.2 Å². The summed E-state index contributed by atoms with van der Waals surface area (Å²) >= 11 is 0. The first-order valence-electron chi connectivity index (χ1n) is 15.0. The van der Waals surface area contributed by atoms with Gasteiger partial charge < -0.3 is 52.5 Å². The van der Waals surface area contributed by atoms with Gasteiger partial charge in [0.15, 0.2) is 42.8 Å². The van der Waals surface area contributed by atoms with Gasteiger partial charge in [-0.1, -0.05) is 0 Å². The zero-order valence-electron chi connectivity index (χ0n) is 26.9. The molecule has 3 aliphatic rings. The molecule has 3 saturated heterocycles. The molecule has 17 nitrogen and oxygen atoms in total. The fraction of sp³-hybridized carbons (Fsp3) is 0.613. The van der Waals surface area contributed by atoms with Gasteiger partial charge in [0.05, 0.1) is 25.2 Å². The van der Waals surface area contributed by atoms with Gasteiger partial charge in [0, 0.05) is 33.6 Å². The van der Waals surface area contributed by atoms with E-state index in [9.17, 15) is 33.9 Å². The van der Waals surface area contributed by atoms with Crippen LogP contribution in [-0.2, 0) is 66.6 Å². The van der Waals surface area contributed by atoms with Crippen molar-refractivity contribution in [3.05, 3.63) is 29.8 Å². The normalized spacial score (nSPS) is 31.7. The van der Waals surface area contributed by atoms with Gasteiger partial charge >= 0.3 is 29.8 Å². The van der Waals surface area contributed by atoms with Crippen LogP contribution in [0.2, 0.25) is 0 Å². The number of ketones is 1. The molecule has 3 heterocycles. The molecule has 0 spiro atoms. The number of rotatable bonds is 10. The molecule has 10 unspecified atom stereocenters. The molecule has 1 aromatic rings. The summed E-state index contributed by atoms with van der Waals surface area (Å²) in [6.45, 7) is 3.20. The zero-order chi connectivity index (χ0) is 35.1. The summed E-state index contributed by atoms with van der Waals surface area (Å²) in [6.07, 6.45) is -11.9. The number of ether oxygens (including phenoxy) is 10. The van der Waals surface area contributed by atoms with E-state index in [4.69, 9.17) is 47.4 Å². The van der Waals surface area contributed by atoms with E-state index in [1.54, 1.807) is 12.1 Å². The average Bonchev–Trinajstić information content (AvgIpc) is 3.14. The van der Waals surface area contributed by atoms with Crippen LogP contribution < -0.4 is 4.74 Å². The Morgan fingerprint density at radius 1 is 0.792 bits per heavy atom. The first kappa shape index (κ1) is 36.7. The van der Waals surface area contributed by atoms with Crippen LogP contribution in [-0.4, -0.2) is 117 Å². The summed E-state index contributed by atoms with van der Waals surface area (Å²) in [5.74, 6) is -6.20. The highest BCUT2D eigenvalue weighted by Gasteiger charge is 2.56. The van der Waals surface area contributed by atoms with Crippen molar-refractivity contribution in [1.82, 2.24) is 0 Å². The second-order valence-electron chi connectivity index (χ2n) is 11.2. The van der Waals surface area contributed by atoms with Crippen molar-refractivity contribution < 1.29 is 81.2 Å². The van der Waals surface area contributed by atoms with E-state index < -0.39 is 110 Å². The third-order valence-electron chi connectivity index (χ3n) is 7.74. The molecule has 10 atom stereocenters. The predicted octanol–water partition coefficient (Wildman–Crippen LogP) is 0.217. The van der Waals surface area contributed by atoms with E-state index in [2.05, 4.69) is 0 Å². The Balaban J connectivity index is 1.65. The molecule has 4 rings (SSSR count). The van der Waals surface area contributed by atoms with Gasteiger partial charge in [-0.05, 0) is 30.7 Å². The van der Waals surface area contributed by atoms with Crippen molar-refractivity contribution in [2.24, 2.45) is 11.8 Å². The second kappa shape index (κ2) is 16.3. The molecule has 48 heavy (non-hydrogen) atoms. The standard InChI is InChI=1S/C31H38O17/c1-14(32)41-13-22-25(43-15(2)33)26(44-16(3)34)27(45-17(4)35)31(46-22)48-30-23-20(10-11-40-30)24(29(38)42-12-21(23)36)47-28(37)18-6-8-19(39-5)9-7-18/h6-9,20,22-27,29-31,38H,10-13H2,1-5H3. The summed E-state index contributed by atoms with van der Waals surface area (Å²) in [6, 6.07) is 6.03.